The molecule has 0 aromatic heterocycles. The van der Waals surface area contributed by atoms with Crippen LogP contribution in [0.1, 0.15) is 55.8 Å². The van der Waals surface area contributed by atoms with Crippen molar-refractivity contribution in [2.75, 3.05) is 11.9 Å². The molecule has 6 nitrogen and oxygen atoms in total. The summed E-state index contributed by atoms with van der Waals surface area (Å²) in [7, 11) is 0. The van der Waals surface area contributed by atoms with Gasteiger partial charge < -0.3 is 15.4 Å². The first kappa shape index (κ1) is 19.5. The Hall–Kier alpha value is -2.81. The number of ether oxygens (including phenoxy) is 1. The quantitative estimate of drug-likeness (QED) is 0.436. The van der Waals surface area contributed by atoms with Crippen molar-refractivity contribution in [3.05, 3.63) is 41.6 Å². The van der Waals surface area contributed by atoms with Gasteiger partial charge in [-0.2, -0.15) is 5.26 Å². The maximum absolute atomic E-state index is 12.7. The van der Waals surface area contributed by atoms with Crippen molar-refractivity contribution >= 4 is 17.6 Å². The van der Waals surface area contributed by atoms with Gasteiger partial charge >= 0.3 is 5.97 Å². The van der Waals surface area contributed by atoms with Gasteiger partial charge in [0.15, 0.2) is 0 Å². The highest BCUT2D eigenvalue weighted by molar-refractivity contribution is 6.09. The van der Waals surface area contributed by atoms with E-state index in [1.165, 1.54) is 19.3 Å². The molecule has 0 spiro atoms. The van der Waals surface area contributed by atoms with E-state index in [0.29, 0.717) is 5.69 Å². The van der Waals surface area contributed by atoms with Crippen LogP contribution in [-0.2, 0) is 9.53 Å². The fourth-order valence-electron chi connectivity index (χ4n) is 5.83. The molecular weight excluding hydrogens is 366 g/mol. The Morgan fingerprint density at radius 1 is 1.17 bits per heavy atom. The maximum Gasteiger partial charge on any atom is 0.340 e. The van der Waals surface area contributed by atoms with Gasteiger partial charge in [-0.15, -0.1) is 0 Å². The highest BCUT2D eigenvalue weighted by atomic mass is 16.5. The topological polar surface area (TPSA) is 91.2 Å². The molecule has 0 radical (unpaired) electrons. The number of nitrogens with zero attached hydrogens (tertiary/aromatic N) is 1. The number of nitriles is 1. The minimum atomic E-state index is -0.526. The number of carbonyl (C=O) groups is 2. The van der Waals surface area contributed by atoms with Crippen LogP contribution in [0.5, 0.6) is 0 Å². The number of esters is 1. The van der Waals surface area contributed by atoms with Gasteiger partial charge in [0.1, 0.15) is 11.6 Å². The van der Waals surface area contributed by atoms with Crippen molar-refractivity contribution in [3.8, 4) is 6.07 Å². The third-order valence-corrected chi connectivity index (χ3v) is 6.60. The predicted molar refractivity (Wildman–Crippen MR) is 109 cm³/mol. The highest BCUT2D eigenvalue weighted by Crippen LogP contribution is 2.55. The number of nitrogens with one attached hydrogen (secondary N) is 2. The number of para-hydroxylation sites is 1. The molecule has 152 valence electrons. The number of rotatable bonds is 6. The van der Waals surface area contributed by atoms with E-state index in [2.05, 4.69) is 10.6 Å². The van der Waals surface area contributed by atoms with Crippen molar-refractivity contribution < 1.29 is 14.3 Å². The van der Waals surface area contributed by atoms with Crippen molar-refractivity contribution in [2.24, 2.45) is 17.8 Å². The minimum Gasteiger partial charge on any atom is -0.462 e. The monoisotopic (exact) mass is 393 g/mol. The van der Waals surface area contributed by atoms with Crippen LogP contribution >= 0.6 is 0 Å². The molecule has 2 N–H and O–H groups in total. The smallest absolute Gasteiger partial charge is 0.340 e. The average Bonchev–Trinajstić information content (AvgIpc) is 2.68. The molecule has 4 bridgehead atoms. The Balaban J connectivity index is 1.47. The molecule has 5 rings (SSSR count). The summed E-state index contributed by atoms with van der Waals surface area (Å²) in [6.45, 7) is 1.98. The molecule has 4 fully saturated rings. The van der Waals surface area contributed by atoms with E-state index in [1.807, 2.05) is 6.07 Å². The van der Waals surface area contributed by atoms with E-state index >= 15 is 0 Å². The largest absolute Gasteiger partial charge is 0.462 e. The Labute approximate surface area is 171 Å². The van der Waals surface area contributed by atoms with Crippen LogP contribution in [0.4, 0.5) is 5.69 Å². The van der Waals surface area contributed by atoms with Gasteiger partial charge in [0.25, 0.3) is 5.91 Å². The molecule has 1 amide bonds. The number of amides is 1. The van der Waals surface area contributed by atoms with Crippen molar-refractivity contribution in [3.63, 3.8) is 0 Å². The Bertz CT molecular complexity index is 848. The Kier molecular flexibility index (Phi) is 5.31. The van der Waals surface area contributed by atoms with Gasteiger partial charge in [0.05, 0.1) is 17.9 Å². The minimum absolute atomic E-state index is 0.0133. The molecule has 6 heteroatoms. The molecule has 0 saturated heterocycles. The van der Waals surface area contributed by atoms with E-state index in [9.17, 15) is 14.9 Å². The second kappa shape index (κ2) is 7.90. The van der Waals surface area contributed by atoms with Crippen LogP contribution < -0.4 is 10.6 Å². The summed E-state index contributed by atoms with van der Waals surface area (Å²) >= 11 is 0. The van der Waals surface area contributed by atoms with Gasteiger partial charge in [-0.25, -0.2) is 4.79 Å². The summed E-state index contributed by atoms with van der Waals surface area (Å²) in [4.78, 5) is 24.8. The second-order valence-electron chi connectivity index (χ2n) is 8.73. The van der Waals surface area contributed by atoms with Crippen molar-refractivity contribution in [1.82, 2.24) is 5.32 Å². The average molecular weight is 393 g/mol. The van der Waals surface area contributed by atoms with Crippen LogP contribution in [-0.4, -0.2) is 24.0 Å². The number of anilines is 1. The first-order valence-electron chi connectivity index (χ1n) is 10.5. The lowest BCUT2D eigenvalue weighted by molar-refractivity contribution is -0.112. The molecule has 1 aromatic rings. The fraction of sp³-hybridized carbons (Fsp3) is 0.522. The van der Waals surface area contributed by atoms with Gasteiger partial charge in [-0.05, 0) is 75.3 Å². The summed E-state index contributed by atoms with van der Waals surface area (Å²) in [6, 6.07) is 8.65. The van der Waals surface area contributed by atoms with Crippen molar-refractivity contribution in [2.45, 2.75) is 51.0 Å². The first-order valence-corrected chi connectivity index (χ1v) is 10.5. The second-order valence-corrected chi connectivity index (χ2v) is 8.73. The van der Waals surface area contributed by atoms with Crippen LogP contribution in [0.3, 0.4) is 0 Å². The van der Waals surface area contributed by atoms with E-state index in [1.54, 1.807) is 37.4 Å². The molecular formula is C23H27N3O3. The maximum atomic E-state index is 12.7. The van der Waals surface area contributed by atoms with E-state index in [-0.39, 0.29) is 23.3 Å². The zero-order valence-electron chi connectivity index (χ0n) is 16.7. The summed E-state index contributed by atoms with van der Waals surface area (Å²) < 4.78 is 5.04. The molecule has 0 aliphatic heterocycles. The zero-order valence-corrected chi connectivity index (χ0v) is 16.7. The predicted octanol–water partition coefficient (Wildman–Crippen LogP) is 3.77. The molecule has 29 heavy (non-hydrogen) atoms. The fourth-order valence-corrected chi connectivity index (χ4v) is 5.83. The van der Waals surface area contributed by atoms with Crippen molar-refractivity contribution in [1.29, 1.82) is 5.26 Å². The van der Waals surface area contributed by atoms with Crippen LogP contribution in [0.15, 0.2) is 36.0 Å². The molecule has 4 aliphatic carbocycles. The van der Waals surface area contributed by atoms with Crippen LogP contribution in [0.2, 0.25) is 0 Å². The third-order valence-electron chi connectivity index (χ3n) is 6.60. The van der Waals surface area contributed by atoms with Gasteiger partial charge in [-0.3, -0.25) is 4.79 Å². The van der Waals surface area contributed by atoms with Gasteiger partial charge in [-0.1, -0.05) is 12.1 Å². The van der Waals surface area contributed by atoms with Gasteiger partial charge in [0.2, 0.25) is 0 Å². The van der Waals surface area contributed by atoms with E-state index in [4.69, 9.17) is 4.74 Å². The lowest BCUT2D eigenvalue weighted by atomic mass is 9.53. The summed E-state index contributed by atoms with van der Waals surface area (Å²) in [5.74, 6) is 1.30. The molecule has 0 unspecified atom stereocenters. The normalized spacial score (nSPS) is 29.8. The van der Waals surface area contributed by atoms with E-state index < -0.39 is 11.9 Å². The van der Waals surface area contributed by atoms with E-state index in [0.717, 1.165) is 37.0 Å². The molecule has 4 saturated carbocycles. The van der Waals surface area contributed by atoms with Gasteiger partial charge in [0, 0.05) is 11.7 Å². The SMILES string of the molecule is CCOC(=O)c1ccccc1NC(=O)/C(C#N)=C\NC12CC3CC(CC(C3)C1)C2. The van der Waals surface area contributed by atoms with Crippen LogP contribution in [0, 0.1) is 29.1 Å². The molecule has 1 aromatic carbocycles. The standard InChI is InChI=1S/C23H27N3O3/c1-2-29-22(28)19-5-3-4-6-20(19)26-21(27)18(13-24)14-25-23-10-15-7-16(11-23)9-17(8-15)12-23/h3-6,14-17,25H,2,7-12H2,1H3,(H,26,27)/b18-14-. The number of hydrogen-bond acceptors (Lipinski definition) is 5. The number of benzene rings is 1. The third kappa shape index (κ3) is 4.00. The Morgan fingerprint density at radius 3 is 2.38 bits per heavy atom. The lowest BCUT2D eigenvalue weighted by Gasteiger charge is -2.56. The molecule has 0 heterocycles. The molecule has 4 aliphatic rings. The summed E-state index contributed by atoms with van der Waals surface area (Å²) in [5, 5.41) is 15.7. The molecule has 0 atom stereocenters. The Morgan fingerprint density at radius 2 is 1.79 bits per heavy atom. The summed E-state index contributed by atoms with van der Waals surface area (Å²) in [6.07, 6.45) is 8.96. The first-order chi connectivity index (χ1) is 14.0. The number of hydrogen-bond donors (Lipinski definition) is 2. The lowest BCUT2D eigenvalue weighted by Crippen LogP contribution is -2.57. The van der Waals surface area contributed by atoms with Crippen LogP contribution in [0.25, 0.3) is 0 Å². The number of carbonyl (C=O) groups excluding carboxylic acids is 2. The summed E-state index contributed by atoms with van der Waals surface area (Å²) in [5.41, 5.74) is 0.653. The zero-order chi connectivity index (χ0) is 20.4. The highest BCUT2D eigenvalue weighted by Gasteiger charge is 2.50.